The van der Waals surface area contributed by atoms with Crippen LogP contribution in [0.25, 0.3) is 0 Å². The molecular formula is C21H29N3O4. The predicted molar refractivity (Wildman–Crippen MR) is 106 cm³/mol. The number of alkyl carbamates (subject to hydrolysis) is 1. The molecule has 0 spiro atoms. The van der Waals surface area contributed by atoms with Crippen molar-refractivity contribution in [3.8, 4) is 0 Å². The summed E-state index contributed by atoms with van der Waals surface area (Å²) in [4.78, 5) is 37.9. The van der Waals surface area contributed by atoms with Crippen molar-refractivity contribution in [2.75, 3.05) is 19.6 Å². The predicted octanol–water partition coefficient (Wildman–Crippen LogP) is 2.38. The molecule has 1 atom stereocenters. The summed E-state index contributed by atoms with van der Waals surface area (Å²) < 4.78 is 5.26. The first-order chi connectivity index (χ1) is 13.6. The Labute approximate surface area is 166 Å². The molecule has 0 aromatic heterocycles. The number of hydrogen-bond donors (Lipinski definition) is 2. The average Bonchev–Trinajstić information content (AvgIpc) is 3.26. The maximum Gasteiger partial charge on any atom is 0.408 e. The van der Waals surface area contributed by atoms with Crippen molar-refractivity contribution in [1.82, 2.24) is 15.5 Å². The zero-order chi connectivity index (χ0) is 20.2. The van der Waals surface area contributed by atoms with Gasteiger partial charge in [-0.25, -0.2) is 4.79 Å². The van der Waals surface area contributed by atoms with E-state index >= 15 is 0 Å². The highest BCUT2D eigenvalue weighted by Gasteiger charge is 2.27. The number of carbonyl (C=O) groups excluding carboxylic acids is 3. The third kappa shape index (κ3) is 7.42. The van der Waals surface area contributed by atoms with Crippen LogP contribution in [-0.4, -0.2) is 48.5 Å². The number of rotatable bonds is 10. The molecule has 0 aliphatic carbocycles. The Kier molecular flexibility index (Phi) is 9.04. The van der Waals surface area contributed by atoms with Gasteiger partial charge in [-0.05, 0) is 43.7 Å². The Morgan fingerprint density at radius 3 is 2.54 bits per heavy atom. The molecule has 1 heterocycles. The van der Waals surface area contributed by atoms with Crippen LogP contribution in [0.5, 0.6) is 0 Å². The SMILES string of the molecule is C=CC(=O)NCCCC[C@H](NC(=O)OCc1ccccc1)C(=O)N1CCCC1. The Hall–Kier alpha value is -2.83. The summed E-state index contributed by atoms with van der Waals surface area (Å²) in [5.74, 6) is -0.281. The van der Waals surface area contributed by atoms with E-state index in [0.717, 1.165) is 31.5 Å². The van der Waals surface area contributed by atoms with Crippen LogP contribution in [0, 0.1) is 0 Å². The van der Waals surface area contributed by atoms with Crippen LogP contribution in [0.15, 0.2) is 43.0 Å². The molecule has 0 radical (unpaired) electrons. The van der Waals surface area contributed by atoms with Gasteiger partial charge in [-0.1, -0.05) is 36.9 Å². The second-order valence-electron chi connectivity index (χ2n) is 6.78. The Morgan fingerprint density at radius 1 is 1.14 bits per heavy atom. The largest absolute Gasteiger partial charge is 0.445 e. The number of nitrogens with one attached hydrogen (secondary N) is 2. The number of ether oxygens (including phenoxy) is 1. The van der Waals surface area contributed by atoms with E-state index in [2.05, 4.69) is 17.2 Å². The van der Waals surface area contributed by atoms with Gasteiger partial charge >= 0.3 is 6.09 Å². The fraction of sp³-hybridized carbons (Fsp3) is 0.476. The minimum Gasteiger partial charge on any atom is -0.445 e. The summed E-state index contributed by atoms with van der Waals surface area (Å²) >= 11 is 0. The van der Waals surface area contributed by atoms with Gasteiger partial charge in [0.25, 0.3) is 0 Å². The van der Waals surface area contributed by atoms with E-state index in [1.807, 2.05) is 30.3 Å². The standard InChI is InChI=1S/C21H29N3O4/c1-2-19(25)22-13-7-6-12-18(20(26)24-14-8-9-15-24)23-21(27)28-16-17-10-4-3-5-11-17/h2-5,10-11,18H,1,6-9,12-16H2,(H,22,25)(H,23,27)/t18-/m0/s1. The molecule has 1 aromatic rings. The minimum atomic E-state index is -0.614. The van der Waals surface area contributed by atoms with Crippen LogP contribution in [-0.2, 0) is 20.9 Å². The number of benzene rings is 1. The number of carbonyl (C=O) groups is 3. The molecule has 2 rings (SSSR count). The third-order valence-corrected chi connectivity index (χ3v) is 4.62. The van der Waals surface area contributed by atoms with Gasteiger partial charge in [-0.3, -0.25) is 9.59 Å². The quantitative estimate of drug-likeness (QED) is 0.477. The first kappa shape index (κ1) is 21.5. The molecule has 3 amide bonds. The van der Waals surface area contributed by atoms with Gasteiger partial charge in [0.2, 0.25) is 11.8 Å². The molecule has 7 nitrogen and oxygen atoms in total. The molecule has 1 aliphatic heterocycles. The maximum absolute atomic E-state index is 12.7. The number of amides is 3. The Bertz CT molecular complexity index is 657. The molecule has 0 saturated carbocycles. The molecule has 2 N–H and O–H groups in total. The summed E-state index contributed by atoms with van der Waals surface area (Å²) in [7, 11) is 0. The van der Waals surface area contributed by atoms with E-state index < -0.39 is 12.1 Å². The van der Waals surface area contributed by atoms with Crippen LogP contribution in [0.2, 0.25) is 0 Å². The first-order valence-corrected chi connectivity index (χ1v) is 9.76. The molecule has 28 heavy (non-hydrogen) atoms. The Balaban J connectivity index is 1.82. The van der Waals surface area contributed by atoms with Crippen molar-refractivity contribution in [1.29, 1.82) is 0 Å². The van der Waals surface area contributed by atoms with Crippen LogP contribution in [0.3, 0.4) is 0 Å². The van der Waals surface area contributed by atoms with Crippen molar-refractivity contribution in [3.05, 3.63) is 48.6 Å². The zero-order valence-corrected chi connectivity index (χ0v) is 16.2. The van der Waals surface area contributed by atoms with Crippen LogP contribution < -0.4 is 10.6 Å². The molecule has 1 aliphatic rings. The lowest BCUT2D eigenvalue weighted by Crippen LogP contribution is -2.47. The van der Waals surface area contributed by atoms with Crippen molar-refractivity contribution >= 4 is 17.9 Å². The van der Waals surface area contributed by atoms with Gasteiger partial charge in [-0.2, -0.15) is 0 Å². The molecule has 1 aromatic carbocycles. The lowest BCUT2D eigenvalue weighted by Gasteiger charge is -2.24. The number of hydrogen-bond acceptors (Lipinski definition) is 4. The smallest absolute Gasteiger partial charge is 0.408 e. The van der Waals surface area contributed by atoms with E-state index in [1.54, 1.807) is 4.90 Å². The van der Waals surface area contributed by atoms with Crippen LogP contribution in [0.1, 0.15) is 37.7 Å². The lowest BCUT2D eigenvalue weighted by molar-refractivity contribution is -0.132. The Morgan fingerprint density at radius 2 is 1.86 bits per heavy atom. The van der Waals surface area contributed by atoms with Crippen LogP contribution in [0.4, 0.5) is 4.79 Å². The molecule has 7 heteroatoms. The van der Waals surface area contributed by atoms with Gasteiger partial charge in [0.1, 0.15) is 12.6 Å². The van der Waals surface area contributed by atoms with E-state index in [1.165, 1.54) is 6.08 Å². The highest BCUT2D eigenvalue weighted by Crippen LogP contribution is 2.12. The topological polar surface area (TPSA) is 87.7 Å². The fourth-order valence-electron chi connectivity index (χ4n) is 3.08. The molecule has 0 unspecified atom stereocenters. The minimum absolute atomic E-state index is 0.0655. The van der Waals surface area contributed by atoms with Gasteiger partial charge in [-0.15, -0.1) is 0 Å². The normalized spacial score (nSPS) is 14.2. The zero-order valence-electron chi connectivity index (χ0n) is 16.2. The molecule has 1 fully saturated rings. The van der Waals surface area contributed by atoms with E-state index in [-0.39, 0.29) is 18.4 Å². The number of likely N-dealkylation sites (tertiary alicyclic amines) is 1. The molecule has 0 bridgehead atoms. The molecule has 152 valence electrons. The summed E-state index contributed by atoms with van der Waals surface area (Å²) in [6.45, 7) is 5.52. The van der Waals surface area contributed by atoms with Crippen molar-refractivity contribution in [3.63, 3.8) is 0 Å². The monoisotopic (exact) mass is 387 g/mol. The first-order valence-electron chi connectivity index (χ1n) is 9.76. The van der Waals surface area contributed by atoms with Gasteiger partial charge in [0.15, 0.2) is 0 Å². The van der Waals surface area contributed by atoms with E-state index in [4.69, 9.17) is 4.74 Å². The molecular weight excluding hydrogens is 358 g/mol. The highest BCUT2D eigenvalue weighted by atomic mass is 16.5. The van der Waals surface area contributed by atoms with Gasteiger partial charge in [0, 0.05) is 19.6 Å². The number of unbranched alkanes of at least 4 members (excludes halogenated alkanes) is 1. The van der Waals surface area contributed by atoms with E-state index in [9.17, 15) is 14.4 Å². The summed E-state index contributed by atoms with van der Waals surface area (Å²) in [6, 6.07) is 8.78. The van der Waals surface area contributed by atoms with E-state index in [0.29, 0.717) is 25.8 Å². The van der Waals surface area contributed by atoms with Crippen molar-refractivity contribution in [2.45, 2.75) is 44.8 Å². The average molecular weight is 387 g/mol. The summed E-state index contributed by atoms with van der Waals surface area (Å²) in [6.07, 6.45) is 4.52. The maximum atomic E-state index is 12.7. The summed E-state index contributed by atoms with van der Waals surface area (Å²) in [5.41, 5.74) is 0.887. The third-order valence-electron chi connectivity index (χ3n) is 4.62. The summed E-state index contributed by atoms with van der Waals surface area (Å²) in [5, 5.41) is 5.42. The lowest BCUT2D eigenvalue weighted by atomic mass is 10.1. The van der Waals surface area contributed by atoms with Crippen molar-refractivity contribution < 1.29 is 19.1 Å². The van der Waals surface area contributed by atoms with Crippen LogP contribution >= 0.6 is 0 Å². The molecule has 1 saturated heterocycles. The van der Waals surface area contributed by atoms with Crippen molar-refractivity contribution in [2.24, 2.45) is 0 Å². The second kappa shape index (κ2) is 11.8. The van der Waals surface area contributed by atoms with Gasteiger partial charge in [0.05, 0.1) is 0 Å². The number of nitrogens with zero attached hydrogens (tertiary/aromatic N) is 1. The highest BCUT2D eigenvalue weighted by molar-refractivity contribution is 5.87. The second-order valence-corrected chi connectivity index (χ2v) is 6.78. The van der Waals surface area contributed by atoms with Gasteiger partial charge < -0.3 is 20.3 Å². The fourth-order valence-corrected chi connectivity index (χ4v) is 3.08.